The second-order valence-corrected chi connectivity index (χ2v) is 7.86. The van der Waals surface area contributed by atoms with Gasteiger partial charge in [-0.2, -0.15) is 4.57 Å². The van der Waals surface area contributed by atoms with Gasteiger partial charge in [0.2, 0.25) is 5.03 Å². The molecular formula is C19H19ClNO4S+. The van der Waals surface area contributed by atoms with Crippen molar-refractivity contribution >= 4 is 34.3 Å². The Morgan fingerprint density at radius 3 is 2.38 bits per heavy atom. The molecule has 26 heavy (non-hydrogen) atoms. The van der Waals surface area contributed by atoms with Gasteiger partial charge < -0.3 is 0 Å². The molecule has 7 heteroatoms. The summed E-state index contributed by atoms with van der Waals surface area (Å²) in [4.78, 5) is 1.36. The zero-order chi connectivity index (χ0) is 18.9. The normalized spacial score (nSPS) is 13.7. The molecule has 0 saturated carbocycles. The van der Waals surface area contributed by atoms with Gasteiger partial charge in [0, 0.05) is 22.1 Å². The fourth-order valence-corrected chi connectivity index (χ4v) is 4.04. The molecule has 2 aromatic carbocycles. The Labute approximate surface area is 157 Å². The molecule has 0 aliphatic carbocycles. The third-order valence-electron chi connectivity index (χ3n) is 3.93. The maximum absolute atomic E-state index is 8.83. The molecule has 1 aromatic heterocycles. The average Bonchev–Trinajstić information content (AvgIpc) is 2.69. The third kappa shape index (κ3) is 4.42. The summed E-state index contributed by atoms with van der Waals surface area (Å²) in [5, 5.41) is 3.90. The number of nitrogens with zero attached hydrogens (tertiary/aromatic N) is 1. The van der Waals surface area contributed by atoms with Crippen LogP contribution in [0.3, 0.4) is 0 Å². The molecule has 0 fully saturated rings. The minimum absolute atomic E-state index is 1.26. The summed E-state index contributed by atoms with van der Waals surface area (Å²) >= 11 is 1.86. The second-order valence-electron chi connectivity index (χ2n) is 5.96. The van der Waals surface area contributed by atoms with E-state index in [1.165, 1.54) is 37.4 Å². The molecular weight excluding hydrogens is 374 g/mol. The molecule has 1 aliphatic heterocycles. The molecule has 0 saturated heterocycles. The number of hydrogen-bond acceptors (Lipinski definition) is 5. The second kappa shape index (κ2) is 7.36. The fourth-order valence-electron chi connectivity index (χ4n) is 2.85. The van der Waals surface area contributed by atoms with Crippen molar-refractivity contribution in [1.82, 2.24) is 0 Å². The minimum atomic E-state index is -4.19. The number of rotatable bonds is 0. The molecule has 0 bridgehead atoms. The topological polar surface area (TPSA) is 87.6 Å². The van der Waals surface area contributed by atoms with Gasteiger partial charge in [-0.3, -0.25) is 0 Å². The van der Waals surface area contributed by atoms with Gasteiger partial charge in [-0.25, -0.2) is 0 Å². The van der Waals surface area contributed by atoms with E-state index in [0.717, 1.165) is 0 Å². The number of pyridine rings is 1. The van der Waals surface area contributed by atoms with E-state index in [1.54, 1.807) is 0 Å². The van der Waals surface area contributed by atoms with Crippen LogP contribution in [-0.4, -0.2) is 14.0 Å². The van der Waals surface area contributed by atoms with Crippen molar-refractivity contribution < 1.29 is 33.4 Å². The monoisotopic (exact) mass is 392 g/mol. The predicted molar refractivity (Wildman–Crippen MR) is 95.9 cm³/mol. The Hall–Kier alpha value is -1.93. The van der Waals surface area contributed by atoms with Gasteiger partial charge in [0.1, 0.15) is 0 Å². The molecule has 0 unspecified atom stereocenters. The number of allylic oxidation sites excluding steroid dienone is 1. The first-order chi connectivity index (χ1) is 12.2. The zero-order valence-corrected chi connectivity index (χ0v) is 15.8. The van der Waals surface area contributed by atoms with Crippen LogP contribution in [0, 0.1) is 17.2 Å². The summed E-state index contributed by atoms with van der Waals surface area (Å²) in [6.07, 6.45) is 4.43. The molecule has 2 heterocycles. The first kappa shape index (κ1) is 18.8. The Bertz CT molecular complexity index is 992. The number of aromatic nitrogens is 1. The molecule has 0 atom stereocenters. The number of hydrogen-bond donors (Lipinski definition) is 3. The number of halogens is 1. The van der Waals surface area contributed by atoms with Crippen molar-refractivity contribution in [2.75, 3.05) is 0 Å². The predicted octanol–water partition coefficient (Wildman–Crippen LogP) is 2.06. The van der Waals surface area contributed by atoms with Crippen LogP contribution < -0.4 is 9.23 Å². The molecule has 1 aliphatic rings. The van der Waals surface area contributed by atoms with Crippen LogP contribution in [0.2, 0.25) is 0 Å². The van der Waals surface area contributed by atoms with Crippen LogP contribution in [-0.2, 0) is 0 Å². The van der Waals surface area contributed by atoms with Crippen LogP contribution in [0.5, 0.6) is 0 Å². The van der Waals surface area contributed by atoms with E-state index in [1.807, 2.05) is 11.8 Å². The molecule has 3 aromatic rings. The first-order valence-electron chi connectivity index (χ1n) is 7.79. The first-order valence-corrected chi connectivity index (χ1v) is 9.93. The summed E-state index contributed by atoms with van der Waals surface area (Å²) in [5.41, 5.74) is 3.91. The van der Waals surface area contributed by atoms with Gasteiger partial charge in [0.25, 0.3) is 0 Å². The van der Waals surface area contributed by atoms with E-state index >= 15 is 0 Å². The molecule has 136 valence electrons. The van der Waals surface area contributed by atoms with Crippen LogP contribution in [0.4, 0.5) is 0 Å². The number of aryl methyl sites for hydroxylation is 1. The zero-order valence-electron chi connectivity index (χ0n) is 14.3. The SMILES string of the molecule is CC1=C[n+]2cc(C)ccc2Sc2c1ccc1ccccc21.[O-][Cl+](O)(O)O. The Kier molecular flexibility index (Phi) is 5.34. The van der Waals surface area contributed by atoms with Gasteiger partial charge in [-0.05, 0) is 48.0 Å². The van der Waals surface area contributed by atoms with Crippen LogP contribution in [0.25, 0.3) is 22.5 Å². The van der Waals surface area contributed by atoms with Gasteiger partial charge in [0.15, 0.2) is 12.4 Å². The number of fused-ring (bicyclic) bond motifs is 4. The van der Waals surface area contributed by atoms with Crippen molar-refractivity contribution in [2.24, 2.45) is 0 Å². The summed E-state index contributed by atoms with van der Waals surface area (Å²) in [5.74, 6) is 0. The van der Waals surface area contributed by atoms with E-state index < -0.39 is 10.2 Å². The van der Waals surface area contributed by atoms with Crippen molar-refractivity contribution in [3.63, 3.8) is 0 Å². The van der Waals surface area contributed by atoms with Gasteiger partial charge in [-0.15, -0.1) is 0 Å². The summed E-state index contributed by atoms with van der Waals surface area (Å²) in [6, 6.07) is 17.5. The molecule has 0 spiro atoms. The van der Waals surface area contributed by atoms with Gasteiger partial charge in [-0.1, -0.05) is 36.4 Å². The molecule has 5 nitrogen and oxygen atoms in total. The van der Waals surface area contributed by atoms with Crippen molar-refractivity contribution in [3.8, 4) is 0 Å². The summed E-state index contributed by atoms with van der Waals surface area (Å²) in [6.45, 7) is 4.33. The van der Waals surface area contributed by atoms with Crippen molar-refractivity contribution in [1.29, 1.82) is 0 Å². The van der Waals surface area contributed by atoms with Crippen LogP contribution >= 0.6 is 11.8 Å². The van der Waals surface area contributed by atoms with E-state index in [2.05, 4.69) is 79.3 Å². The van der Waals surface area contributed by atoms with E-state index in [0.29, 0.717) is 0 Å². The Morgan fingerprint density at radius 2 is 1.65 bits per heavy atom. The quantitative estimate of drug-likeness (QED) is 0.510. The molecule has 0 radical (unpaired) electrons. The molecule has 0 amide bonds. The van der Waals surface area contributed by atoms with Crippen LogP contribution in [0.1, 0.15) is 18.1 Å². The molecule has 4 rings (SSSR count). The Morgan fingerprint density at radius 1 is 0.962 bits per heavy atom. The van der Waals surface area contributed by atoms with Crippen molar-refractivity contribution in [3.05, 3.63) is 65.9 Å². The standard InChI is InChI=1S/C19H16NS.ClH3O4/c1-13-7-10-18-20(11-13)12-14(2)16-9-8-15-5-3-4-6-17(15)19(16)21-18;2-1(3,4)5/h3-12H,1-2H3;2-4H/q+1;. The average molecular weight is 393 g/mol. The van der Waals surface area contributed by atoms with E-state index in [4.69, 9.17) is 18.6 Å². The van der Waals surface area contributed by atoms with Crippen molar-refractivity contribution in [2.45, 2.75) is 23.8 Å². The summed E-state index contributed by atoms with van der Waals surface area (Å²) in [7, 11) is -4.19. The van der Waals surface area contributed by atoms with E-state index in [9.17, 15) is 0 Å². The van der Waals surface area contributed by atoms with Gasteiger partial charge >= 0.3 is 28.9 Å². The fraction of sp³-hybridized carbons (Fsp3) is 0.105. The van der Waals surface area contributed by atoms with E-state index in [-0.39, 0.29) is 0 Å². The van der Waals surface area contributed by atoms with Crippen LogP contribution in [0.15, 0.2) is 64.6 Å². The maximum atomic E-state index is 8.83. The summed E-state index contributed by atoms with van der Waals surface area (Å²) < 4.78 is 32.5. The third-order valence-corrected chi connectivity index (χ3v) is 5.13. The number of benzene rings is 2. The van der Waals surface area contributed by atoms with Gasteiger partial charge in [0.05, 0.1) is 0 Å². The molecule has 3 N–H and O–H groups in total. The Balaban J connectivity index is 0.000000349.